The van der Waals surface area contributed by atoms with Gasteiger partial charge in [-0.05, 0) is 122 Å². The summed E-state index contributed by atoms with van der Waals surface area (Å²) in [4.78, 5) is 4.75. The molecular weight excluding hydrogens is 713 g/mol. The highest BCUT2D eigenvalue weighted by atomic mass is 15.2. The summed E-state index contributed by atoms with van der Waals surface area (Å²) in [5, 5.41) is 0. The van der Waals surface area contributed by atoms with E-state index in [-0.39, 0.29) is 5.41 Å². The SMILES string of the molecule is C=C/C=C(\C=C)c1ccc(N(c2ccc(-c3ccccc3)cc2)c2ccc(-c3ccc4c(c3)C(C)(C)c3ccccc3N4c3ccc(-c4ccccc4)cc3)cc2)cc1. The van der Waals surface area contributed by atoms with Gasteiger partial charge in [0.1, 0.15) is 0 Å². The van der Waals surface area contributed by atoms with Crippen LogP contribution in [0, 0.1) is 0 Å². The quantitative estimate of drug-likeness (QED) is 0.128. The minimum absolute atomic E-state index is 0.205. The monoisotopic (exact) mass is 758 g/mol. The number of rotatable bonds is 10. The number of para-hydroxylation sites is 1. The average Bonchev–Trinajstić information content (AvgIpc) is 3.30. The molecule has 0 fully saturated rings. The Balaban J connectivity index is 1.08. The predicted molar refractivity (Wildman–Crippen MR) is 253 cm³/mol. The molecule has 1 heterocycles. The van der Waals surface area contributed by atoms with Crippen molar-refractivity contribution in [1.29, 1.82) is 0 Å². The molecule has 284 valence electrons. The summed E-state index contributed by atoms with van der Waals surface area (Å²) in [5.41, 5.74) is 18.5. The molecule has 2 nitrogen and oxygen atoms in total. The number of allylic oxidation sites excluding steroid dienone is 4. The molecule has 8 aromatic rings. The number of anilines is 6. The van der Waals surface area contributed by atoms with Gasteiger partial charge in [0, 0.05) is 28.2 Å². The van der Waals surface area contributed by atoms with E-state index in [1.807, 2.05) is 12.2 Å². The van der Waals surface area contributed by atoms with Crippen LogP contribution >= 0.6 is 0 Å². The maximum Gasteiger partial charge on any atom is 0.0503 e. The van der Waals surface area contributed by atoms with Crippen LogP contribution in [-0.2, 0) is 5.41 Å². The van der Waals surface area contributed by atoms with E-state index in [1.54, 1.807) is 6.08 Å². The summed E-state index contributed by atoms with van der Waals surface area (Å²) in [6, 6.07) is 72.4. The van der Waals surface area contributed by atoms with Gasteiger partial charge in [-0.15, -0.1) is 0 Å². The van der Waals surface area contributed by atoms with E-state index >= 15 is 0 Å². The summed E-state index contributed by atoms with van der Waals surface area (Å²) < 4.78 is 0. The summed E-state index contributed by atoms with van der Waals surface area (Å²) in [6.45, 7) is 12.6. The average molecular weight is 759 g/mol. The molecule has 2 heteroatoms. The van der Waals surface area contributed by atoms with Crippen molar-refractivity contribution in [2.45, 2.75) is 19.3 Å². The number of benzene rings is 8. The summed E-state index contributed by atoms with van der Waals surface area (Å²) in [5.74, 6) is 0. The first-order valence-corrected chi connectivity index (χ1v) is 20.2. The highest BCUT2D eigenvalue weighted by Crippen LogP contribution is 2.52. The van der Waals surface area contributed by atoms with Gasteiger partial charge in [-0.3, -0.25) is 0 Å². The van der Waals surface area contributed by atoms with Crippen LogP contribution in [0.5, 0.6) is 0 Å². The zero-order valence-electron chi connectivity index (χ0n) is 33.6. The second-order valence-corrected chi connectivity index (χ2v) is 15.5. The second-order valence-electron chi connectivity index (χ2n) is 15.5. The molecule has 0 radical (unpaired) electrons. The Morgan fingerprint density at radius 2 is 0.898 bits per heavy atom. The highest BCUT2D eigenvalue weighted by molar-refractivity contribution is 5.89. The molecular formula is C57H46N2. The van der Waals surface area contributed by atoms with E-state index in [4.69, 9.17) is 0 Å². The normalized spacial score (nSPS) is 12.9. The van der Waals surface area contributed by atoms with Crippen LogP contribution in [0.25, 0.3) is 39.0 Å². The van der Waals surface area contributed by atoms with Crippen LogP contribution < -0.4 is 9.80 Å². The third-order valence-electron chi connectivity index (χ3n) is 11.6. The number of nitrogens with zero attached hydrogens (tertiary/aromatic N) is 2. The second kappa shape index (κ2) is 15.8. The molecule has 0 saturated heterocycles. The number of hydrogen-bond donors (Lipinski definition) is 0. The summed E-state index contributed by atoms with van der Waals surface area (Å²) in [6.07, 6.45) is 5.66. The van der Waals surface area contributed by atoms with Gasteiger partial charge in [-0.25, -0.2) is 0 Å². The highest BCUT2D eigenvalue weighted by Gasteiger charge is 2.37. The fourth-order valence-corrected chi connectivity index (χ4v) is 8.49. The smallest absolute Gasteiger partial charge is 0.0503 e. The first kappa shape index (κ1) is 37.2. The first-order valence-electron chi connectivity index (χ1n) is 20.2. The van der Waals surface area contributed by atoms with Crippen molar-refractivity contribution >= 4 is 39.7 Å². The van der Waals surface area contributed by atoms with Gasteiger partial charge >= 0.3 is 0 Å². The van der Waals surface area contributed by atoms with Crippen LogP contribution in [-0.4, -0.2) is 0 Å². The van der Waals surface area contributed by atoms with E-state index in [1.165, 1.54) is 55.9 Å². The van der Waals surface area contributed by atoms with E-state index in [9.17, 15) is 0 Å². The Morgan fingerprint density at radius 3 is 1.44 bits per heavy atom. The van der Waals surface area contributed by atoms with Gasteiger partial charge in [0.15, 0.2) is 0 Å². The largest absolute Gasteiger partial charge is 0.311 e. The Kier molecular flexibility index (Phi) is 9.98. The fraction of sp³-hybridized carbons (Fsp3) is 0.0526. The Labute approximate surface area is 349 Å². The summed E-state index contributed by atoms with van der Waals surface area (Å²) >= 11 is 0. The van der Waals surface area contributed by atoms with Crippen LogP contribution in [0.3, 0.4) is 0 Å². The standard InChI is InChI=1S/C57H46N2/c1-5-15-41(6-2)44-22-31-49(32-23-44)58(50-33-24-45(25-34-50)42-16-9-7-10-17-42)51-35-28-47(29-36-51)48-30-39-56-54(40-48)57(3,4)53-20-13-14-21-55(53)59(56)52-37-26-46(27-38-52)43-18-11-8-12-19-43/h5-40H,1-2H2,3-4H3/b41-15+. The lowest BCUT2D eigenvalue weighted by molar-refractivity contribution is 0.632. The van der Waals surface area contributed by atoms with Gasteiger partial charge in [-0.1, -0.05) is 179 Å². The molecule has 0 aliphatic carbocycles. The maximum absolute atomic E-state index is 4.02. The van der Waals surface area contributed by atoms with Crippen LogP contribution in [0.2, 0.25) is 0 Å². The van der Waals surface area contributed by atoms with Gasteiger partial charge in [0.25, 0.3) is 0 Å². The molecule has 0 amide bonds. The lowest BCUT2D eigenvalue weighted by atomic mass is 9.73. The lowest BCUT2D eigenvalue weighted by Gasteiger charge is -2.42. The molecule has 1 aliphatic rings. The number of fused-ring (bicyclic) bond motifs is 2. The van der Waals surface area contributed by atoms with E-state index in [0.29, 0.717) is 0 Å². The molecule has 0 spiro atoms. The van der Waals surface area contributed by atoms with Gasteiger partial charge in [0.05, 0.1) is 11.4 Å². The minimum Gasteiger partial charge on any atom is -0.311 e. The zero-order chi connectivity index (χ0) is 40.3. The molecule has 1 aliphatic heterocycles. The topological polar surface area (TPSA) is 6.48 Å². The predicted octanol–water partition coefficient (Wildman–Crippen LogP) is 16.0. The van der Waals surface area contributed by atoms with Gasteiger partial charge < -0.3 is 9.80 Å². The van der Waals surface area contributed by atoms with E-state index in [2.05, 4.69) is 237 Å². The van der Waals surface area contributed by atoms with Crippen molar-refractivity contribution in [3.8, 4) is 33.4 Å². The molecule has 0 bridgehead atoms. The van der Waals surface area contributed by atoms with E-state index in [0.717, 1.165) is 33.9 Å². The van der Waals surface area contributed by atoms with Crippen molar-refractivity contribution in [3.63, 3.8) is 0 Å². The summed E-state index contributed by atoms with van der Waals surface area (Å²) in [7, 11) is 0. The Hall–Kier alpha value is -7.42. The molecule has 0 N–H and O–H groups in total. The van der Waals surface area contributed by atoms with Crippen molar-refractivity contribution in [2.24, 2.45) is 0 Å². The molecule has 0 aromatic heterocycles. The Bertz CT molecular complexity index is 2780. The fourth-order valence-electron chi connectivity index (χ4n) is 8.49. The van der Waals surface area contributed by atoms with Gasteiger partial charge in [-0.2, -0.15) is 0 Å². The van der Waals surface area contributed by atoms with Crippen molar-refractivity contribution < 1.29 is 0 Å². The van der Waals surface area contributed by atoms with Crippen molar-refractivity contribution in [3.05, 3.63) is 248 Å². The Morgan fingerprint density at radius 1 is 0.458 bits per heavy atom. The molecule has 59 heavy (non-hydrogen) atoms. The van der Waals surface area contributed by atoms with Gasteiger partial charge in [0.2, 0.25) is 0 Å². The maximum atomic E-state index is 4.02. The first-order chi connectivity index (χ1) is 28.9. The molecule has 8 aromatic carbocycles. The third-order valence-corrected chi connectivity index (χ3v) is 11.6. The van der Waals surface area contributed by atoms with Crippen molar-refractivity contribution in [2.75, 3.05) is 9.80 Å². The third kappa shape index (κ3) is 7.11. The van der Waals surface area contributed by atoms with Crippen LogP contribution in [0.1, 0.15) is 30.5 Å². The van der Waals surface area contributed by atoms with Crippen LogP contribution in [0.4, 0.5) is 34.1 Å². The molecule has 0 atom stereocenters. The van der Waals surface area contributed by atoms with Crippen molar-refractivity contribution in [1.82, 2.24) is 0 Å². The zero-order valence-corrected chi connectivity index (χ0v) is 33.6. The lowest BCUT2D eigenvalue weighted by Crippen LogP contribution is -2.30. The number of hydrogen-bond acceptors (Lipinski definition) is 2. The van der Waals surface area contributed by atoms with Crippen LogP contribution in [0.15, 0.2) is 232 Å². The molecule has 9 rings (SSSR count). The minimum atomic E-state index is -0.205. The molecule has 0 saturated carbocycles. The molecule has 0 unspecified atom stereocenters. The van der Waals surface area contributed by atoms with E-state index < -0.39 is 0 Å².